The molecule has 0 aromatic heterocycles. The van der Waals surface area contributed by atoms with Crippen LogP contribution < -0.4 is 4.74 Å². The van der Waals surface area contributed by atoms with Crippen LogP contribution in [0.25, 0.3) is 0 Å². The van der Waals surface area contributed by atoms with E-state index < -0.39 is 11.8 Å². The van der Waals surface area contributed by atoms with Crippen LogP contribution in [0.2, 0.25) is 0 Å². The van der Waals surface area contributed by atoms with Crippen LogP contribution in [0.15, 0.2) is 54.6 Å². The molecule has 1 atom stereocenters. The second kappa shape index (κ2) is 10.3. The van der Waals surface area contributed by atoms with Gasteiger partial charge in [0, 0.05) is 50.1 Å². The van der Waals surface area contributed by atoms with Crippen molar-refractivity contribution >= 4 is 17.7 Å². The number of nitrogens with zero attached hydrogens (tertiary/aromatic N) is 3. The van der Waals surface area contributed by atoms with Crippen molar-refractivity contribution in [1.29, 1.82) is 0 Å². The standard InChI is InChI=1S/C27H31N3O6/c1-34-22-9-7-21(8-10-22)24(31)28-13-11-27(12-14-28)30(25(32)20-5-3-2-4-6-20)23(19-36-27)26(33)29-15-17-35-18-16-29/h2-10,23H,11-19H2,1H3/t23-/m1/s1. The molecule has 36 heavy (non-hydrogen) atoms. The number of carbonyl (C=O) groups is 3. The molecule has 0 saturated carbocycles. The number of hydrogen-bond acceptors (Lipinski definition) is 6. The minimum atomic E-state index is -0.934. The van der Waals surface area contributed by atoms with Gasteiger partial charge in [0.2, 0.25) is 5.91 Å². The van der Waals surface area contributed by atoms with Gasteiger partial charge in [-0.25, -0.2) is 0 Å². The Bertz CT molecular complexity index is 1090. The molecule has 2 aromatic carbocycles. The maximum Gasteiger partial charge on any atom is 0.256 e. The summed E-state index contributed by atoms with van der Waals surface area (Å²) in [6.45, 7) is 2.95. The topological polar surface area (TPSA) is 88.6 Å². The highest BCUT2D eigenvalue weighted by Gasteiger charge is 2.55. The molecule has 3 fully saturated rings. The Labute approximate surface area is 210 Å². The summed E-state index contributed by atoms with van der Waals surface area (Å²) in [5, 5.41) is 0. The average molecular weight is 494 g/mol. The van der Waals surface area contributed by atoms with Gasteiger partial charge in [0.25, 0.3) is 11.8 Å². The van der Waals surface area contributed by atoms with Crippen LogP contribution in [-0.2, 0) is 14.3 Å². The van der Waals surface area contributed by atoms with Crippen molar-refractivity contribution < 1.29 is 28.6 Å². The van der Waals surface area contributed by atoms with Gasteiger partial charge >= 0.3 is 0 Å². The fourth-order valence-electron chi connectivity index (χ4n) is 5.25. The van der Waals surface area contributed by atoms with Crippen LogP contribution in [-0.4, -0.2) is 97.3 Å². The first kappa shape index (κ1) is 24.3. The van der Waals surface area contributed by atoms with Crippen LogP contribution in [0.1, 0.15) is 33.6 Å². The molecule has 5 rings (SSSR count). The molecule has 3 aliphatic rings. The Hall–Kier alpha value is -3.43. The zero-order chi connectivity index (χ0) is 25.1. The number of ether oxygens (including phenoxy) is 3. The molecule has 9 nitrogen and oxygen atoms in total. The Morgan fingerprint density at radius 3 is 2.11 bits per heavy atom. The van der Waals surface area contributed by atoms with Gasteiger partial charge in [-0.2, -0.15) is 0 Å². The van der Waals surface area contributed by atoms with Gasteiger partial charge in [-0.15, -0.1) is 0 Å². The number of methoxy groups -OCH3 is 1. The second-order valence-electron chi connectivity index (χ2n) is 9.27. The number of benzene rings is 2. The van der Waals surface area contributed by atoms with Crippen LogP contribution in [0, 0.1) is 0 Å². The summed E-state index contributed by atoms with van der Waals surface area (Å²) in [5.41, 5.74) is 0.159. The smallest absolute Gasteiger partial charge is 0.256 e. The zero-order valence-electron chi connectivity index (χ0n) is 20.4. The van der Waals surface area contributed by atoms with Gasteiger partial charge in [-0.3, -0.25) is 19.3 Å². The number of carbonyl (C=O) groups excluding carboxylic acids is 3. The maximum absolute atomic E-state index is 13.8. The molecule has 0 radical (unpaired) electrons. The van der Waals surface area contributed by atoms with Crippen LogP contribution in [0.3, 0.4) is 0 Å². The molecule has 0 bridgehead atoms. The molecule has 3 aliphatic heterocycles. The number of likely N-dealkylation sites (tertiary alicyclic amines) is 1. The first-order valence-corrected chi connectivity index (χ1v) is 12.3. The highest BCUT2D eigenvalue weighted by molar-refractivity contribution is 5.98. The third-order valence-corrected chi connectivity index (χ3v) is 7.28. The van der Waals surface area contributed by atoms with E-state index in [9.17, 15) is 14.4 Å². The molecule has 2 aromatic rings. The first-order valence-electron chi connectivity index (χ1n) is 12.3. The summed E-state index contributed by atoms with van der Waals surface area (Å²) in [4.78, 5) is 45.6. The maximum atomic E-state index is 13.8. The number of piperidine rings is 1. The van der Waals surface area contributed by atoms with E-state index in [1.807, 2.05) is 18.2 Å². The van der Waals surface area contributed by atoms with Crippen molar-refractivity contribution in [2.24, 2.45) is 0 Å². The van der Waals surface area contributed by atoms with Crippen LogP contribution in [0.5, 0.6) is 5.75 Å². The highest BCUT2D eigenvalue weighted by Crippen LogP contribution is 2.39. The van der Waals surface area contributed by atoms with E-state index in [1.165, 1.54) is 0 Å². The van der Waals surface area contributed by atoms with E-state index in [2.05, 4.69) is 0 Å². The quantitative estimate of drug-likeness (QED) is 0.648. The van der Waals surface area contributed by atoms with Gasteiger partial charge in [-0.05, 0) is 36.4 Å². The molecule has 3 amide bonds. The summed E-state index contributed by atoms with van der Waals surface area (Å²) < 4.78 is 16.9. The molecular formula is C27H31N3O6. The van der Waals surface area contributed by atoms with E-state index in [1.54, 1.807) is 58.2 Å². The van der Waals surface area contributed by atoms with Crippen molar-refractivity contribution in [2.75, 3.05) is 53.1 Å². The highest BCUT2D eigenvalue weighted by atomic mass is 16.5. The lowest BCUT2D eigenvalue weighted by Crippen LogP contribution is -2.60. The fraction of sp³-hybridized carbons (Fsp3) is 0.444. The summed E-state index contributed by atoms with van der Waals surface area (Å²) >= 11 is 0. The van der Waals surface area contributed by atoms with Gasteiger partial charge in [0.15, 0.2) is 0 Å². The Morgan fingerprint density at radius 1 is 0.833 bits per heavy atom. The Morgan fingerprint density at radius 2 is 1.47 bits per heavy atom. The minimum absolute atomic E-state index is 0.0765. The molecule has 190 valence electrons. The SMILES string of the molecule is COc1ccc(C(=O)N2CCC3(CC2)OC[C@H](C(=O)N2CCOCC2)N3C(=O)c2ccccc2)cc1. The predicted molar refractivity (Wildman–Crippen MR) is 131 cm³/mol. The summed E-state index contributed by atoms with van der Waals surface area (Å²) in [7, 11) is 1.59. The number of amides is 3. The molecule has 1 spiro atoms. The largest absolute Gasteiger partial charge is 0.497 e. The number of rotatable bonds is 4. The van der Waals surface area contributed by atoms with Gasteiger partial charge in [0.05, 0.1) is 26.9 Å². The second-order valence-corrected chi connectivity index (χ2v) is 9.27. The number of morpholine rings is 1. The molecule has 3 saturated heterocycles. The lowest BCUT2D eigenvalue weighted by Gasteiger charge is -2.45. The normalized spacial score (nSPS) is 21.5. The summed E-state index contributed by atoms with van der Waals surface area (Å²) in [6, 6.07) is 15.3. The van der Waals surface area contributed by atoms with Crippen molar-refractivity contribution in [3.8, 4) is 5.75 Å². The lowest BCUT2D eigenvalue weighted by atomic mass is 9.96. The monoisotopic (exact) mass is 493 g/mol. The Kier molecular flexibility index (Phi) is 6.93. The molecule has 0 N–H and O–H groups in total. The van der Waals surface area contributed by atoms with Gasteiger partial charge in [-0.1, -0.05) is 18.2 Å². The van der Waals surface area contributed by atoms with E-state index in [4.69, 9.17) is 14.2 Å². The Balaban J connectivity index is 1.36. The number of hydrogen-bond donors (Lipinski definition) is 0. The third-order valence-electron chi connectivity index (χ3n) is 7.28. The van der Waals surface area contributed by atoms with Crippen molar-refractivity contribution in [3.05, 3.63) is 65.7 Å². The molecule has 0 unspecified atom stereocenters. The molecule has 0 aliphatic carbocycles. The van der Waals surface area contributed by atoms with Crippen molar-refractivity contribution in [1.82, 2.24) is 14.7 Å². The van der Waals surface area contributed by atoms with Crippen molar-refractivity contribution in [2.45, 2.75) is 24.6 Å². The zero-order valence-corrected chi connectivity index (χ0v) is 20.4. The van der Waals surface area contributed by atoms with E-state index in [0.717, 1.165) is 0 Å². The molecular weight excluding hydrogens is 462 g/mol. The van der Waals surface area contributed by atoms with E-state index in [0.29, 0.717) is 69.1 Å². The van der Waals surface area contributed by atoms with Crippen LogP contribution >= 0.6 is 0 Å². The fourth-order valence-corrected chi connectivity index (χ4v) is 5.25. The predicted octanol–water partition coefficient (Wildman–Crippen LogP) is 2.03. The first-order chi connectivity index (χ1) is 17.5. The van der Waals surface area contributed by atoms with Gasteiger partial charge in [0.1, 0.15) is 17.5 Å². The van der Waals surface area contributed by atoms with E-state index in [-0.39, 0.29) is 24.3 Å². The lowest BCUT2D eigenvalue weighted by molar-refractivity contribution is -0.141. The van der Waals surface area contributed by atoms with Gasteiger partial charge < -0.3 is 24.0 Å². The molecule has 9 heteroatoms. The summed E-state index contributed by atoms with van der Waals surface area (Å²) in [6.07, 6.45) is 0.862. The summed E-state index contributed by atoms with van der Waals surface area (Å²) in [5.74, 6) is 0.271. The average Bonchev–Trinajstić information content (AvgIpc) is 3.31. The third kappa shape index (κ3) is 4.56. The van der Waals surface area contributed by atoms with Crippen LogP contribution in [0.4, 0.5) is 0 Å². The van der Waals surface area contributed by atoms with Crippen molar-refractivity contribution in [3.63, 3.8) is 0 Å². The van der Waals surface area contributed by atoms with E-state index >= 15 is 0 Å². The minimum Gasteiger partial charge on any atom is -0.497 e. The molecule has 3 heterocycles.